The third-order valence-corrected chi connectivity index (χ3v) is 5.59. The van der Waals surface area contributed by atoms with E-state index in [-0.39, 0.29) is 11.5 Å². The summed E-state index contributed by atoms with van der Waals surface area (Å²) in [7, 11) is 0. The Morgan fingerprint density at radius 2 is 2.11 bits per heavy atom. The number of nitrogens with zero attached hydrogens (tertiary/aromatic N) is 1. The van der Waals surface area contributed by atoms with Crippen LogP contribution in [0.3, 0.4) is 0 Å². The highest BCUT2D eigenvalue weighted by Crippen LogP contribution is 2.43. The highest BCUT2D eigenvalue weighted by atomic mass is 32.1. The summed E-state index contributed by atoms with van der Waals surface area (Å²) in [5.41, 5.74) is 0.922. The molecule has 1 aliphatic carbocycles. The zero-order valence-corrected chi connectivity index (χ0v) is 12.5. The molecule has 19 heavy (non-hydrogen) atoms. The highest BCUT2D eigenvalue weighted by Gasteiger charge is 2.42. The van der Waals surface area contributed by atoms with Crippen molar-refractivity contribution in [3.8, 4) is 0 Å². The zero-order chi connectivity index (χ0) is 13.5. The molecule has 1 spiro atoms. The summed E-state index contributed by atoms with van der Waals surface area (Å²) in [6.07, 6.45) is 6.56. The second-order valence-corrected chi connectivity index (χ2v) is 7.14. The molecule has 3 rings (SSSR count). The van der Waals surface area contributed by atoms with Crippen molar-refractivity contribution in [1.82, 2.24) is 4.98 Å². The molecule has 0 N–H and O–H groups in total. The van der Waals surface area contributed by atoms with Gasteiger partial charge in [0.05, 0.1) is 21.2 Å². The van der Waals surface area contributed by atoms with Crippen LogP contribution in [0.2, 0.25) is 0 Å². The SMILES string of the molecule is Cc1nc(C)c(C(=O)C2CCOC3(CCCC3)C2)s1. The van der Waals surface area contributed by atoms with E-state index in [4.69, 9.17) is 4.74 Å². The van der Waals surface area contributed by atoms with Crippen LogP contribution in [0, 0.1) is 19.8 Å². The van der Waals surface area contributed by atoms with Gasteiger partial charge >= 0.3 is 0 Å². The van der Waals surface area contributed by atoms with Crippen LogP contribution >= 0.6 is 11.3 Å². The monoisotopic (exact) mass is 279 g/mol. The molecule has 2 heterocycles. The Morgan fingerprint density at radius 3 is 2.74 bits per heavy atom. The molecule has 0 bridgehead atoms. The molecule has 1 atom stereocenters. The third-order valence-electron chi connectivity index (χ3n) is 4.51. The maximum absolute atomic E-state index is 12.7. The van der Waals surface area contributed by atoms with E-state index in [1.165, 1.54) is 12.8 Å². The van der Waals surface area contributed by atoms with Crippen molar-refractivity contribution < 1.29 is 9.53 Å². The number of Topliss-reactive ketones (excluding diaryl/α,β-unsaturated/α-hetero) is 1. The van der Waals surface area contributed by atoms with Gasteiger partial charge in [0.25, 0.3) is 0 Å². The molecule has 1 unspecified atom stereocenters. The van der Waals surface area contributed by atoms with Gasteiger partial charge in [-0.2, -0.15) is 0 Å². The van der Waals surface area contributed by atoms with Crippen molar-refractivity contribution >= 4 is 17.1 Å². The van der Waals surface area contributed by atoms with Gasteiger partial charge in [-0.05, 0) is 39.5 Å². The van der Waals surface area contributed by atoms with Gasteiger partial charge in [-0.3, -0.25) is 4.79 Å². The van der Waals surface area contributed by atoms with Gasteiger partial charge in [0.15, 0.2) is 5.78 Å². The Morgan fingerprint density at radius 1 is 1.37 bits per heavy atom. The number of rotatable bonds is 2. The Hall–Kier alpha value is -0.740. The average molecular weight is 279 g/mol. The summed E-state index contributed by atoms with van der Waals surface area (Å²) in [6.45, 7) is 4.66. The van der Waals surface area contributed by atoms with E-state index < -0.39 is 0 Å². The highest BCUT2D eigenvalue weighted by molar-refractivity contribution is 7.13. The summed E-state index contributed by atoms with van der Waals surface area (Å²) in [5.74, 6) is 0.447. The van der Waals surface area contributed by atoms with Crippen molar-refractivity contribution in [2.75, 3.05) is 6.61 Å². The van der Waals surface area contributed by atoms with Gasteiger partial charge in [-0.1, -0.05) is 12.8 Å². The number of hydrogen-bond donors (Lipinski definition) is 0. The number of aromatic nitrogens is 1. The first-order valence-corrected chi connectivity index (χ1v) is 8.03. The molecule has 2 fully saturated rings. The van der Waals surface area contributed by atoms with Gasteiger partial charge in [0.2, 0.25) is 0 Å². The first-order valence-electron chi connectivity index (χ1n) is 7.22. The van der Waals surface area contributed by atoms with Gasteiger partial charge in [0, 0.05) is 12.5 Å². The van der Waals surface area contributed by atoms with Gasteiger partial charge < -0.3 is 4.74 Å². The Labute approximate surface area is 118 Å². The van der Waals surface area contributed by atoms with Crippen molar-refractivity contribution in [3.63, 3.8) is 0 Å². The largest absolute Gasteiger partial charge is 0.375 e. The van der Waals surface area contributed by atoms with E-state index >= 15 is 0 Å². The van der Waals surface area contributed by atoms with Gasteiger partial charge in [0.1, 0.15) is 0 Å². The predicted octanol–water partition coefficient (Wildman–Crippen LogP) is 3.68. The fourth-order valence-corrected chi connectivity index (χ4v) is 4.50. The smallest absolute Gasteiger partial charge is 0.177 e. The van der Waals surface area contributed by atoms with Crippen LogP contribution in [-0.2, 0) is 4.74 Å². The maximum Gasteiger partial charge on any atom is 0.177 e. The minimum Gasteiger partial charge on any atom is -0.375 e. The van der Waals surface area contributed by atoms with Crippen LogP contribution in [0.1, 0.15) is 58.9 Å². The van der Waals surface area contributed by atoms with E-state index in [9.17, 15) is 4.79 Å². The summed E-state index contributed by atoms with van der Waals surface area (Å²) < 4.78 is 6.01. The lowest BCUT2D eigenvalue weighted by molar-refractivity contribution is -0.0866. The fraction of sp³-hybridized carbons (Fsp3) is 0.733. The zero-order valence-electron chi connectivity index (χ0n) is 11.7. The number of carbonyl (C=O) groups excluding carboxylic acids is 1. The van der Waals surface area contributed by atoms with Crippen LogP contribution in [0.5, 0.6) is 0 Å². The molecule has 2 aliphatic rings. The molecule has 1 aromatic heterocycles. The molecule has 1 saturated heterocycles. The van der Waals surface area contributed by atoms with E-state index in [0.29, 0.717) is 5.78 Å². The molecule has 0 aromatic carbocycles. The van der Waals surface area contributed by atoms with Gasteiger partial charge in [-0.25, -0.2) is 4.98 Å². The Bertz CT molecular complexity index is 488. The predicted molar refractivity (Wildman–Crippen MR) is 75.8 cm³/mol. The average Bonchev–Trinajstić information content (AvgIpc) is 2.96. The minimum atomic E-state index is 0.0201. The first-order chi connectivity index (χ1) is 9.10. The molecule has 1 aliphatic heterocycles. The third kappa shape index (κ3) is 2.48. The number of carbonyl (C=O) groups is 1. The van der Waals surface area contributed by atoms with Crippen molar-refractivity contribution in [2.45, 2.75) is 58.0 Å². The first kappa shape index (κ1) is 13.3. The van der Waals surface area contributed by atoms with E-state index in [2.05, 4.69) is 4.98 Å². The molecule has 104 valence electrons. The van der Waals surface area contributed by atoms with E-state index in [1.807, 2.05) is 13.8 Å². The van der Waals surface area contributed by atoms with E-state index in [1.54, 1.807) is 11.3 Å². The molecule has 1 aromatic rings. The number of ether oxygens (including phenoxy) is 1. The van der Waals surface area contributed by atoms with Crippen molar-refractivity contribution in [2.24, 2.45) is 5.92 Å². The summed E-state index contributed by atoms with van der Waals surface area (Å²) >= 11 is 1.55. The van der Waals surface area contributed by atoms with E-state index in [0.717, 1.165) is 47.9 Å². The van der Waals surface area contributed by atoms with Gasteiger partial charge in [-0.15, -0.1) is 11.3 Å². The van der Waals surface area contributed by atoms with Crippen LogP contribution in [-0.4, -0.2) is 23.0 Å². The molecule has 1 saturated carbocycles. The summed E-state index contributed by atoms with van der Waals surface area (Å²) in [5, 5.41) is 0.989. The molecule has 3 nitrogen and oxygen atoms in total. The second-order valence-electron chi connectivity index (χ2n) is 5.94. The van der Waals surface area contributed by atoms with Crippen LogP contribution in [0.15, 0.2) is 0 Å². The molecular formula is C15H21NO2S. The lowest BCUT2D eigenvalue weighted by atomic mass is 9.82. The van der Waals surface area contributed by atoms with Crippen LogP contribution in [0.4, 0.5) is 0 Å². The molecule has 0 amide bonds. The number of aryl methyl sites for hydroxylation is 2. The topological polar surface area (TPSA) is 39.2 Å². The number of hydrogen-bond acceptors (Lipinski definition) is 4. The molecular weight excluding hydrogens is 258 g/mol. The standard InChI is InChI=1S/C15H21NO2S/c1-10-14(19-11(2)16-10)13(17)12-5-8-18-15(9-12)6-3-4-7-15/h12H,3-9H2,1-2H3. The summed E-state index contributed by atoms with van der Waals surface area (Å²) in [4.78, 5) is 17.9. The lowest BCUT2D eigenvalue weighted by Crippen LogP contribution is -2.39. The lowest BCUT2D eigenvalue weighted by Gasteiger charge is -2.37. The fourth-order valence-electron chi connectivity index (χ4n) is 3.56. The van der Waals surface area contributed by atoms with Crippen molar-refractivity contribution in [1.29, 1.82) is 0 Å². The number of thiazole rings is 1. The van der Waals surface area contributed by atoms with Crippen LogP contribution in [0.25, 0.3) is 0 Å². The maximum atomic E-state index is 12.7. The number of ketones is 1. The Kier molecular flexibility index (Phi) is 3.48. The molecule has 0 radical (unpaired) electrons. The normalized spacial score (nSPS) is 25.9. The summed E-state index contributed by atoms with van der Waals surface area (Å²) in [6, 6.07) is 0. The van der Waals surface area contributed by atoms with Crippen molar-refractivity contribution in [3.05, 3.63) is 15.6 Å². The second kappa shape index (κ2) is 4.98. The Balaban J connectivity index is 1.78. The molecule has 4 heteroatoms. The van der Waals surface area contributed by atoms with Crippen LogP contribution < -0.4 is 0 Å². The quantitative estimate of drug-likeness (QED) is 0.775. The minimum absolute atomic E-state index is 0.0201.